The molecule has 2 N–H and O–H groups in total. The largest absolute Gasteiger partial charge is 0.378 e. The number of fused-ring (bicyclic) bond motifs is 3. The molecule has 1 amide bonds. The topological polar surface area (TPSA) is 41.1 Å². The van der Waals surface area contributed by atoms with E-state index in [4.69, 9.17) is 23.2 Å². The number of hydrogen-bond acceptors (Lipinski definition) is 2. The highest BCUT2D eigenvalue weighted by atomic mass is 35.5. The summed E-state index contributed by atoms with van der Waals surface area (Å²) in [4.78, 5) is 11.3. The standard InChI is InChI=1S/C20H18Cl2N2O/c1-11(25)23-13-6-8-19-17(10-13)14-3-2-4-15(14)20(24-19)16-7-5-12(21)9-18(16)22/h2-3,5-10,14-15,20,24H,4H2,1H3,(H,23,25)/t14-,15+,20-/m1/s1. The highest BCUT2D eigenvalue weighted by Crippen LogP contribution is 2.51. The summed E-state index contributed by atoms with van der Waals surface area (Å²) in [5.41, 5.74) is 4.20. The van der Waals surface area contributed by atoms with Gasteiger partial charge in [0.2, 0.25) is 5.91 Å². The molecule has 3 nitrogen and oxygen atoms in total. The number of rotatable bonds is 2. The molecule has 2 aliphatic rings. The second-order valence-electron chi connectivity index (χ2n) is 6.62. The lowest BCUT2D eigenvalue weighted by Crippen LogP contribution is -2.29. The third-order valence-corrected chi connectivity index (χ3v) is 5.54. The SMILES string of the molecule is CC(=O)Nc1ccc2c(c1)[C@@H]1C=CC[C@@H]1[C@H](c1ccc(Cl)cc1Cl)N2. The van der Waals surface area contributed by atoms with Gasteiger partial charge in [0, 0.05) is 34.3 Å². The van der Waals surface area contributed by atoms with Gasteiger partial charge in [-0.05, 0) is 53.8 Å². The van der Waals surface area contributed by atoms with Crippen molar-refractivity contribution in [1.82, 2.24) is 0 Å². The fourth-order valence-electron chi connectivity index (χ4n) is 3.94. The zero-order chi connectivity index (χ0) is 17.6. The van der Waals surface area contributed by atoms with Crippen molar-refractivity contribution in [2.75, 3.05) is 10.6 Å². The molecule has 0 fully saturated rings. The fraction of sp³-hybridized carbons (Fsp3) is 0.250. The number of halogens is 2. The Balaban J connectivity index is 1.74. The number of benzene rings is 2. The summed E-state index contributed by atoms with van der Waals surface area (Å²) in [5, 5.41) is 7.85. The van der Waals surface area contributed by atoms with Crippen LogP contribution in [0.4, 0.5) is 11.4 Å². The molecule has 0 spiro atoms. The van der Waals surface area contributed by atoms with Gasteiger partial charge in [-0.1, -0.05) is 41.4 Å². The zero-order valence-corrected chi connectivity index (χ0v) is 15.2. The summed E-state index contributed by atoms with van der Waals surface area (Å²) in [6, 6.07) is 11.8. The Kier molecular flexibility index (Phi) is 4.22. The van der Waals surface area contributed by atoms with Crippen molar-refractivity contribution in [2.45, 2.75) is 25.3 Å². The van der Waals surface area contributed by atoms with Gasteiger partial charge in [-0.3, -0.25) is 4.79 Å². The highest BCUT2D eigenvalue weighted by Gasteiger charge is 2.38. The Morgan fingerprint density at radius 2 is 2.00 bits per heavy atom. The molecule has 128 valence electrons. The first-order chi connectivity index (χ1) is 12.0. The van der Waals surface area contributed by atoms with E-state index >= 15 is 0 Å². The number of carbonyl (C=O) groups excluding carboxylic acids is 1. The van der Waals surface area contributed by atoms with E-state index in [9.17, 15) is 4.79 Å². The lowest BCUT2D eigenvalue weighted by Gasteiger charge is -2.38. The van der Waals surface area contributed by atoms with Crippen molar-refractivity contribution in [1.29, 1.82) is 0 Å². The molecule has 1 aliphatic carbocycles. The first-order valence-electron chi connectivity index (χ1n) is 8.32. The number of hydrogen-bond donors (Lipinski definition) is 2. The molecule has 0 aromatic heterocycles. The van der Waals surface area contributed by atoms with Crippen molar-refractivity contribution in [3.63, 3.8) is 0 Å². The van der Waals surface area contributed by atoms with Crippen LogP contribution in [0.15, 0.2) is 48.6 Å². The van der Waals surface area contributed by atoms with Crippen LogP contribution in [0, 0.1) is 5.92 Å². The Labute approximate surface area is 157 Å². The molecule has 0 radical (unpaired) electrons. The molecule has 2 aromatic rings. The van der Waals surface area contributed by atoms with Gasteiger partial charge in [0.25, 0.3) is 0 Å². The summed E-state index contributed by atoms with van der Waals surface area (Å²) in [7, 11) is 0. The molecule has 5 heteroatoms. The normalized spacial score (nSPS) is 23.6. The predicted octanol–water partition coefficient (Wildman–Crippen LogP) is 5.78. The number of nitrogens with one attached hydrogen (secondary N) is 2. The zero-order valence-electron chi connectivity index (χ0n) is 13.7. The average Bonchev–Trinajstić information content (AvgIpc) is 3.04. The van der Waals surface area contributed by atoms with Crippen LogP contribution >= 0.6 is 23.2 Å². The van der Waals surface area contributed by atoms with Crippen molar-refractivity contribution < 1.29 is 4.79 Å². The van der Waals surface area contributed by atoms with Crippen LogP contribution < -0.4 is 10.6 Å². The number of amides is 1. The van der Waals surface area contributed by atoms with Crippen molar-refractivity contribution in [2.24, 2.45) is 5.92 Å². The number of allylic oxidation sites excluding steroid dienone is 2. The van der Waals surface area contributed by atoms with Crippen LogP contribution in [0.3, 0.4) is 0 Å². The quantitative estimate of drug-likeness (QED) is 0.656. The first-order valence-corrected chi connectivity index (χ1v) is 9.08. The van der Waals surface area contributed by atoms with Crippen LogP contribution in [0.25, 0.3) is 0 Å². The minimum atomic E-state index is -0.0620. The molecule has 3 atom stereocenters. The Morgan fingerprint density at radius 1 is 1.16 bits per heavy atom. The summed E-state index contributed by atoms with van der Waals surface area (Å²) < 4.78 is 0. The molecule has 25 heavy (non-hydrogen) atoms. The van der Waals surface area contributed by atoms with Crippen molar-refractivity contribution in [3.05, 3.63) is 69.7 Å². The van der Waals surface area contributed by atoms with Gasteiger partial charge >= 0.3 is 0 Å². The molecule has 2 aromatic carbocycles. The van der Waals surface area contributed by atoms with Gasteiger partial charge in [0.15, 0.2) is 0 Å². The minimum absolute atomic E-state index is 0.0620. The molecular weight excluding hydrogens is 355 g/mol. The molecule has 1 aliphatic heterocycles. The minimum Gasteiger partial charge on any atom is -0.378 e. The Morgan fingerprint density at radius 3 is 2.76 bits per heavy atom. The molecule has 0 bridgehead atoms. The maximum absolute atomic E-state index is 11.3. The van der Waals surface area contributed by atoms with Crippen LogP contribution in [0.2, 0.25) is 10.0 Å². The van der Waals surface area contributed by atoms with E-state index in [1.807, 2.05) is 24.3 Å². The summed E-state index contributed by atoms with van der Waals surface area (Å²) in [6.45, 7) is 1.52. The smallest absolute Gasteiger partial charge is 0.221 e. The van der Waals surface area contributed by atoms with Crippen LogP contribution in [0.1, 0.15) is 36.4 Å². The number of carbonyl (C=O) groups is 1. The van der Waals surface area contributed by atoms with Crippen molar-refractivity contribution >= 4 is 40.5 Å². The monoisotopic (exact) mass is 372 g/mol. The van der Waals surface area contributed by atoms with E-state index in [2.05, 4.69) is 28.9 Å². The van der Waals surface area contributed by atoms with Gasteiger partial charge in [-0.25, -0.2) is 0 Å². The summed E-state index contributed by atoms with van der Waals surface area (Å²) in [5.74, 6) is 0.633. The molecular formula is C20H18Cl2N2O. The van der Waals surface area contributed by atoms with Gasteiger partial charge in [0.1, 0.15) is 0 Å². The van der Waals surface area contributed by atoms with Gasteiger partial charge in [0.05, 0.1) is 6.04 Å². The Hall–Kier alpha value is -1.97. The Bertz CT molecular complexity index is 878. The summed E-state index contributed by atoms with van der Waals surface area (Å²) in [6.07, 6.45) is 5.48. The summed E-state index contributed by atoms with van der Waals surface area (Å²) >= 11 is 12.5. The van der Waals surface area contributed by atoms with Gasteiger partial charge in [-0.2, -0.15) is 0 Å². The van der Waals surface area contributed by atoms with E-state index in [0.717, 1.165) is 23.4 Å². The van der Waals surface area contributed by atoms with Crippen molar-refractivity contribution in [3.8, 4) is 0 Å². The van der Waals surface area contributed by atoms with Crippen LogP contribution in [-0.4, -0.2) is 5.91 Å². The first kappa shape index (κ1) is 16.5. The lowest BCUT2D eigenvalue weighted by atomic mass is 9.77. The maximum atomic E-state index is 11.3. The maximum Gasteiger partial charge on any atom is 0.221 e. The molecule has 1 heterocycles. The lowest BCUT2D eigenvalue weighted by molar-refractivity contribution is -0.114. The second kappa shape index (κ2) is 6.40. The van der Waals surface area contributed by atoms with Gasteiger partial charge in [-0.15, -0.1) is 0 Å². The highest BCUT2D eigenvalue weighted by molar-refractivity contribution is 6.35. The second-order valence-corrected chi connectivity index (χ2v) is 7.47. The van der Waals surface area contributed by atoms with E-state index in [1.54, 1.807) is 6.07 Å². The average molecular weight is 373 g/mol. The van der Waals surface area contributed by atoms with E-state index in [1.165, 1.54) is 12.5 Å². The molecule has 0 saturated carbocycles. The fourth-order valence-corrected chi connectivity index (χ4v) is 4.46. The van der Waals surface area contributed by atoms with E-state index in [-0.39, 0.29) is 11.9 Å². The third kappa shape index (κ3) is 3.03. The number of anilines is 2. The molecule has 4 rings (SSSR count). The van der Waals surface area contributed by atoms with E-state index in [0.29, 0.717) is 21.9 Å². The predicted molar refractivity (Wildman–Crippen MR) is 104 cm³/mol. The van der Waals surface area contributed by atoms with E-state index < -0.39 is 0 Å². The third-order valence-electron chi connectivity index (χ3n) is 4.98. The van der Waals surface area contributed by atoms with Gasteiger partial charge < -0.3 is 10.6 Å². The molecule has 0 unspecified atom stereocenters. The van der Waals surface area contributed by atoms with Crippen LogP contribution in [-0.2, 0) is 4.79 Å². The molecule has 0 saturated heterocycles. The van der Waals surface area contributed by atoms with Crippen LogP contribution in [0.5, 0.6) is 0 Å².